The van der Waals surface area contributed by atoms with Crippen LogP contribution in [0.2, 0.25) is 0 Å². The topological polar surface area (TPSA) is 146 Å². The van der Waals surface area contributed by atoms with E-state index in [1.165, 1.54) is 0 Å². The maximum Gasteiger partial charge on any atom is 0.331 e. The van der Waals surface area contributed by atoms with Crippen LogP contribution in [0.3, 0.4) is 0 Å². The predicted octanol–water partition coefficient (Wildman–Crippen LogP) is 1.35. The first kappa shape index (κ1) is 26.9. The molecular weight excluding hydrogens is 492 g/mol. The highest BCUT2D eigenvalue weighted by molar-refractivity contribution is 5.86. The Balaban J connectivity index is 1.16. The largest absolute Gasteiger partial charge is 0.458 e. The summed E-state index contributed by atoms with van der Waals surface area (Å²) in [5.74, 6) is 0.663. The normalized spacial score (nSPS) is 52.4. The molecule has 0 amide bonds. The van der Waals surface area contributed by atoms with Gasteiger partial charge in [0.05, 0.1) is 18.3 Å². The van der Waals surface area contributed by atoms with Crippen LogP contribution < -0.4 is 0 Å². The summed E-state index contributed by atoms with van der Waals surface area (Å²) < 4.78 is 17.0. The lowest BCUT2D eigenvalue weighted by Crippen LogP contribution is -2.62. The molecule has 4 aliphatic carbocycles. The summed E-state index contributed by atoms with van der Waals surface area (Å²) in [6, 6.07) is 0. The summed E-state index contributed by atoms with van der Waals surface area (Å²) >= 11 is 0. The molecule has 0 bridgehead atoms. The minimum atomic E-state index is -1.44. The lowest BCUT2D eigenvalue weighted by atomic mass is 9.43. The molecule has 6 aliphatic rings. The fourth-order valence-corrected chi connectivity index (χ4v) is 9.27. The van der Waals surface area contributed by atoms with E-state index in [-0.39, 0.29) is 28.8 Å². The molecule has 2 aliphatic heterocycles. The maximum atomic E-state index is 12.3. The van der Waals surface area contributed by atoms with E-state index in [9.17, 15) is 30.3 Å². The van der Waals surface area contributed by atoms with Crippen LogP contribution in [0.1, 0.15) is 65.2 Å². The smallest absolute Gasteiger partial charge is 0.331 e. The van der Waals surface area contributed by atoms with Crippen molar-refractivity contribution in [3.05, 3.63) is 23.3 Å². The molecule has 12 atom stereocenters. The average Bonchev–Trinajstić information content (AvgIpc) is 3.44. The van der Waals surface area contributed by atoms with Crippen LogP contribution in [0.25, 0.3) is 0 Å². The molecule has 5 N–H and O–H groups in total. The van der Waals surface area contributed by atoms with Crippen molar-refractivity contribution in [2.75, 3.05) is 13.2 Å². The van der Waals surface area contributed by atoms with Crippen LogP contribution in [0.5, 0.6) is 0 Å². The van der Waals surface area contributed by atoms with Gasteiger partial charge < -0.3 is 39.7 Å². The van der Waals surface area contributed by atoms with Crippen LogP contribution in [-0.2, 0) is 19.0 Å². The molecule has 0 radical (unpaired) electrons. The summed E-state index contributed by atoms with van der Waals surface area (Å²) in [7, 11) is 0. The van der Waals surface area contributed by atoms with E-state index in [2.05, 4.69) is 19.9 Å². The molecule has 38 heavy (non-hydrogen) atoms. The molecule has 0 aromatic carbocycles. The van der Waals surface area contributed by atoms with E-state index >= 15 is 0 Å². The van der Waals surface area contributed by atoms with Gasteiger partial charge in [-0.3, -0.25) is 0 Å². The third-order valence-corrected chi connectivity index (χ3v) is 11.6. The quantitative estimate of drug-likeness (QED) is 0.266. The number of rotatable bonds is 4. The number of carbonyl (C=O) groups excluding carboxylic acids is 1. The zero-order valence-electron chi connectivity index (χ0n) is 22.3. The Bertz CT molecular complexity index is 1020. The van der Waals surface area contributed by atoms with Gasteiger partial charge >= 0.3 is 5.97 Å². The number of hydrogen-bond donors (Lipinski definition) is 5. The molecule has 2 heterocycles. The predicted molar refractivity (Wildman–Crippen MR) is 134 cm³/mol. The third kappa shape index (κ3) is 3.80. The van der Waals surface area contributed by atoms with Crippen molar-refractivity contribution in [2.24, 2.45) is 28.6 Å². The van der Waals surface area contributed by atoms with Crippen molar-refractivity contribution in [2.45, 2.75) is 108 Å². The first-order valence-corrected chi connectivity index (χ1v) is 14.3. The van der Waals surface area contributed by atoms with Crippen LogP contribution in [0.4, 0.5) is 0 Å². The van der Waals surface area contributed by atoms with Crippen LogP contribution in [0.15, 0.2) is 23.3 Å². The molecule has 0 spiro atoms. The lowest BCUT2D eigenvalue weighted by Gasteiger charge is -2.63. The van der Waals surface area contributed by atoms with Crippen LogP contribution in [-0.4, -0.2) is 87.1 Å². The van der Waals surface area contributed by atoms with Gasteiger partial charge in [0, 0.05) is 17.1 Å². The van der Waals surface area contributed by atoms with E-state index in [1.54, 1.807) is 6.08 Å². The van der Waals surface area contributed by atoms with Gasteiger partial charge in [-0.15, -0.1) is 0 Å². The van der Waals surface area contributed by atoms with Gasteiger partial charge in [-0.1, -0.05) is 19.9 Å². The Morgan fingerprint density at radius 3 is 2.53 bits per heavy atom. The molecule has 212 valence electrons. The van der Waals surface area contributed by atoms with Crippen LogP contribution in [0, 0.1) is 28.6 Å². The SMILES string of the molecule is C[C@]12CC[C@H](O[C@@H]3O[C@H](CO)[C@@H](O)[C@H](O)[C@H]3O)C[C@H]1CC[C@@H]1[C@@H]2CC[C@]2(C)C(C3=CC(=O)OC3)=CC[C@]12O. The number of hydrogen-bond acceptors (Lipinski definition) is 9. The van der Waals surface area contributed by atoms with Crippen molar-refractivity contribution in [3.8, 4) is 0 Å². The molecule has 6 rings (SSSR count). The molecule has 0 aromatic heterocycles. The van der Waals surface area contributed by atoms with Gasteiger partial charge in [-0.25, -0.2) is 4.79 Å². The fraction of sp³-hybridized carbons (Fsp3) is 0.828. The molecule has 0 unspecified atom stereocenters. The Hall–Kier alpha value is -1.33. The van der Waals surface area contributed by atoms with Crippen molar-refractivity contribution in [1.82, 2.24) is 0 Å². The summed E-state index contributed by atoms with van der Waals surface area (Å²) in [4.78, 5) is 11.8. The molecule has 0 aromatic rings. The molecule has 3 saturated carbocycles. The fourth-order valence-electron chi connectivity index (χ4n) is 9.27. The minimum Gasteiger partial charge on any atom is -0.458 e. The van der Waals surface area contributed by atoms with Gasteiger partial charge in [-0.2, -0.15) is 0 Å². The maximum absolute atomic E-state index is 12.3. The molecule has 9 heteroatoms. The van der Waals surface area contributed by atoms with Gasteiger partial charge in [-0.05, 0) is 80.1 Å². The minimum absolute atomic E-state index is 0.0592. The number of cyclic esters (lactones) is 1. The third-order valence-electron chi connectivity index (χ3n) is 11.6. The average molecular weight is 535 g/mol. The number of ether oxygens (including phenoxy) is 3. The first-order valence-electron chi connectivity index (χ1n) is 14.3. The van der Waals surface area contributed by atoms with Gasteiger partial charge in [0.25, 0.3) is 0 Å². The number of aliphatic hydroxyl groups excluding tert-OH is 4. The lowest BCUT2D eigenvalue weighted by molar-refractivity contribution is -0.317. The molecule has 9 nitrogen and oxygen atoms in total. The standard InChI is InChI=1S/C29H42O9/c1-27-8-5-17(37-26-25(34)24(33)23(32)21(13-30)38-26)12-16(27)3-4-20-19(27)6-9-28(2)18(7-10-29(20,28)35)15-11-22(31)36-14-15/h7,11,16-17,19-21,23-26,30,32-35H,3-6,8-10,12-14H2,1-2H3/t16-,17+,19+,20-,21-,23-,24+,25-,26-,27+,28-,29+/m1/s1. The highest BCUT2D eigenvalue weighted by Crippen LogP contribution is 2.68. The van der Waals surface area contributed by atoms with E-state index in [4.69, 9.17) is 14.2 Å². The van der Waals surface area contributed by atoms with Gasteiger partial charge in [0.15, 0.2) is 6.29 Å². The number of esters is 1. The van der Waals surface area contributed by atoms with E-state index in [1.807, 2.05) is 0 Å². The Labute approximate surface area is 223 Å². The Kier molecular flexibility index (Phi) is 6.62. The monoisotopic (exact) mass is 534 g/mol. The van der Waals surface area contributed by atoms with Gasteiger partial charge in [0.1, 0.15) is 31.0 Å². The second kappa shape index (κ2) is 9.36. The summed E-state index contributed by atoms with van der Waals surface area (Å²) in [6.45, 7) is 4.36. The second-order valence-corrected chi connectivity index (χ2v) is 13.1. The Morgan fingerprint density at radius 1 is 1.03 bits per heavy atom. The molecule has 4 fully saturated rings. The van der Waals surface area contributed by atoms with Crippen molar-refractivity contribution >= 4 is 5.97 Å². The second-order valence-electron chi connectivity index (χ2n) is 13.1. The van der Waals surface area contributed by atoms with E-state index in [0.29, 0.717) is 24.9 Å². The number of carbonyl (C=O) groups is 1. The highest BCUT2D eigenvalue weighted by Gasteiger charge is 2.66. The zero-order valence-corrected chi connectivity index (χ0v) is 22.3. The number of aliphatic hydroxyl groups is 5. The molecule has 1 saturated heterocycles. The summed E-state index contributed by atoms with van der Waals surface area (Å²) in [6.07, 6.45) is 4.19. The summed E-state index contributed by atoms with van der Waals surface area (Å²) in [5, 5.41) is 52.5. The number of fused-ring (bicyclic) bond motifs is 5. The molecular formula is C29H42O9. The highest BCUT2D eigenvalue weighted by atomic mass is 16.7. The van der Waals surface area contributed by atoms with Crippen molar-refractivity contribution in [3.63, 3.8) is 0 Å². The Morgan fingerprint density at radius 2 is 1.82 bits per heavy atom. The van der Waals surface area contributed by atoms with E-state index in [0.717, 1.165) is 56.1 Å². The van der Waals surface area contributed by atoms with Gasteiger partial charge in [0.2, 0.25) is 0 Å². The van der Waals surface area contributed by atoms with Crippen molar-refractivity contribution in [1.29, 1.82) is 0 Å². The van der Waals surface area contributed by atoms with E-state index < -0.39 is 42.9 Å². The van der Waals surface area contributed by atoms with Crippen molar-refractivity contribution < 1.29 is 44.5 Å². The summed E-state index contributed by atoms with van der Waals surface area (Å²) in [5.41, 5.74) is 0.838. The van der Waals surface area contributed by atoms with Crippen LogP contribution >= 0.6 is 0 Å². The zero-order chi connectivity index (χ0) is 27.0. The first-order chi connectivity index (χ1) is 18.0.